The predicted octanol–water partition coefficient (Wildman–Crippen LogP) is 4.45. The fourth-order valence-corrected chi connectivity index (χ4v) is 3.53. The monoisotopic (exact) mass is 401 g/mol. The fraction of sp³-hybridized carbons (Fsp3) is 0.435. The van der Waals surface area contributed by atoms with E-state index in [0.29, 0.717) is 23.4 Å². The zero-order chi connectivity index (χ0) is 20.3. The van der Waals surface area contributed by atoms with Crippen LogP contribution in [-0.4, -0.2) is 29.8 Å². The third-order valence-electron chi connectivity index (χ3n) is 5.02. The van der Waals surface area contributed by atoms with Gasteiger partial charge in [-0.15, -0.1) is 0 Å². The van der Waals surface area contributed by atoms with Crippen LogP contribution in [-0.2, 0) is 11.2 Å². The number of phenolic OH excluding ortho intramolecular Hbond substituents is 1. The minimum absolute atomic E-state index is 0. The molecule has 1 heterocycles. The molecule has 1 aliphatic heterocycles. The number of hydrogen-bond acceptors (Lipinski definition) is 5. The van der Waals surface area contributed by atoms with Crippen molar-refractivity contribution in [2.75, 3.05) is 19.0 Å². The lowest BCUT2D eigenvalue weighted by molar-refractivity contribution is -0.118. The largest absolute Gasteiger partial charge is 0.508 e. The highest BCUT2D eigenvalue weighted by Crippen LogP contribution is 2.41. The Hall–Kier alpha value is -2.73. The molecule has 2 aromatic carbocycles. The average molecular weight is 402 g/mol. The molecule has 3 rings (SSSR count). The predicted molar refractivity (Wildman–Crippen MR) is 114 cm³/mol. The van der Waals surface area contributed by atoms with Crippen molar-refractivity contribution in [1.82, 2.24) is 0 Å². The van der Waals surface area contributed by atoms with Crippen molar-refractivity contribution in [2.45, 2.75) is 46.6 Å². The van der Waals surface area contributed by atoms with Gasteiger partial charge in [0, 0.05) is 11.6 Å². The Bertz CT molecular complexity index is 845. The van der Waals surface area contributed by atoms with Gasteiger partial charge in [-0.3, -0.25) is 4.79 Å². The number of nitrogens with one attached hydrogen (secondary N) is 1. The molecular formula is C23H31NO5. The number of anilines is 1. The van der Waals surface area contributed by atoms with Gasteiger partial charge in [0.25, 0.3) is 5.91 Å². The smallest absolute Gasteiger partial charge is 0.262 e. The summed E-state index contributed by atoms with van der Waals surface area (Å²) >= 11 is 0. The molecule has 0 radical (unpaired) electrons. The first kappa shape index (κ1) is 22.6. The van der Waals surface area contributed by atoms with E-state index in [-0.39, 0.29) is 31.1 Å². The minimum atomic E-state index is -0.800. The Labute approximate surface area is 172 Å². The summed E-state index contributed by atoms with van der Waals surface area (Å²) in [7, 11) is 1.65. The summed E-state index contributed by atoms with van der Waals surface area (Å²) < 4.78 is 10.7. The van der Waals surface area contributed by atoms with Crippen LogP contribution in [0.4, 0.5) is 5.69 Å². The number of amides is 1. The second-order valence-corrected chi connectivity index (χ2v) is 7.99. The van der Waals surface area contributed by atoms with Crippen molar-refractivity contribution in [1.29, 1.82) is 0 Å². The van der Waals surface area contributed by atoms with E-state index in [4.69, 9.17) is 9.47 Å². The first-order chi connectivity index (χ1) is 13.3. The Balaban J connectivity index is 0.00000300. The average Bonchev–Trinajstić information content (AvgIpc) is 2.65. The van der Waals surface area contributed by atoms with Crippen LogP contribution >= 0.6 is 0 Å². The quantitative estimate of drug-likeness (QED) is 0.638. The van der Waals surface area contributed by atoms with Gasteiger partial charge in [0.15, 0.2) is 6.61 Å². The maximum Gasteiger partial charge on any atom is 0.262 e. The molecule has 3 N–H and O–H groups in total. The van der Waals surface area contributed by atoms with Gasteiger partial charge in [0.05, 0.1) is 18.9 Å². The number of phenols is 1. The number of aliphatic hydroxyl groups excluding tert-OH is 1. The molecule has 29 heavy (non-hydrogen) atoms. The van der Waals surface area contributed by atoms with Crippen LogP contribution in [0.2, 0.25) is 0 Å². The number of carbonyl (C=O) groups excluding carboxylic acids is 1. The van der Waals surface area contributed by atoms with Crippen LogP contribution in [0.1, 0.15) is 51.3 Å². The summed E-state index contributed by atoms with van der Waals surface area (Å²) in [6, 6.07) is 10.9. The van der Waals surface area contributed by atoms with E-state index in [1.54, 1.807) is 7.11 Å². The lowest BCUT2D eigenvalue weighted by Crippen LogP contribution is -2.26. The molecule has 0 saturated carbocycles. The van der Waals surface area contributed by atoms with Crippen LogP contribution in [0.25, 0.3) is 0 Å². The molecule has 158 valence electrons. The topological polar surface area (TPSA) is 88.0 Å². The molecule has 0 bridgehead atoms. The number of ether oxygens (including phenoxy) is 2. The lowest BCUT2D eigenvalue weighted by atomic mass is 9.80. The van der Waals surface area contributed by atoms with E-state index in [9.17, 15) is 15.0 Å². The number of carbonyl (C=O) groups is 1. The van der Waals surface area contributed by atoms with Gasteiger partial charge in [-0.2, -0.15) is 0 Å². The Morgan fingerprint density at radius 1 is 1.24 bits per heavy atom. The van der Waals surface area contributed by atoms with Crippen molar-refractivity contribution in [3.8, 4) is 17.2 Å². The standard InChI is InChI=1S/C22H27NO5.CH4/c1-22(2,12-14-4-6-16(27-3)7-5-14)9-8-19(25)17-10-15(24)11-18-21(17)28-13-20(26)23-18;/h4-7,10-11,19,24-25H,8-9,12-13H2,1-3H3,(H,23,26);1H4/t19-;/m0./s1. The third-order valence-corrected chi connectivity index (χ3v) is 5.02. The molecule has 1 aliphatic rings. The highest BCUT2D eigenvalue weighted by atomic mass is 16.5. The third kappa shape index (κ3) is 5.64. The van der Waals surface area contributed by atoms with E-state index < -0.39 is 6.10 Å². The van der Waals surface area contributed by atoms with Crippen LogP contribution in [0, 0.1) is 5.41 Å². The number of benzene rings is 2. The van der Waals surface area contributed by atoms with Gasteiger partial charge in [0.2, 0.25) is 0 Å². The van der Waals surface area contributed by atoms with Crippen LogP contribution in [0.15, 0.2) is 36.4 Å². The molecule has 0 unspecified atom stereocenters. The summed E-state index contributed by atoms with van der Waals surface area (Å²) in [5.41, 5.74) is 2.07. The number of aliphatic hydroxyl groups is 1. The highest BCUT2D eigenvalue weighted by Gasteiger charge is 2.26. The second kappa shape index (κ2) is 9.18. The van der Waals surface area contributed by atoms with E-state index >= 15 is 0 Å². The second-order valence-electron chi connectivity index (χ2n) is 7.99. The molecule has 2 aromatic rings. The van der Waals surface area contributed by atoms with E-state index in [1.807, 2.05) is 12.1 Å². The van der Waals surface area contributed by atoms with Crippen LogP contribution < -0.4 is 14.8 Å². The Morgan fingerprint density at radius 3 is 2.59 bits per heavy atom. The Morgan fingerprint density at radius 2 is 1.93 bits per heavy atom. The molecular weight excluding hydrogens is 370 g/mol. The number of rotatable bonds is 7. The fourth-order valence-electron chi connectivity index (χ4n) is 3.53. The summed E-state index contributed by atoms with van der Waals surface area (Å²) in [4.78, 5) is 11.5. The number of aromatic hydroxyl groups is 1. The van der Waals surface area contributed by atoms with Crippen molar-refractivity contribution in [2.24, 2.45) is 5.41 Å². The maximum atomic E-state index is 11.5. The number of fused-ring (bicyclic) bond motifs is 1. The first-order valence-corrected chi connectivity index (χ1v) is 9.38. The summed E-state index contributed by atoms with van der Waals surface area (Å²) in [5, 5.41) is 23.4. The van der Waals surface area contributed by atoms with E-state index in [1.165, 1.54) is 17.7 Å². The summed E-state index contributed by atoms with van der Waals surface area (Å²) in [6.07, 6.45) is 1.35. The molecule has 0 fully saturated rings. The zero-order valence-electron chi connectivity index (χ0n) is 16.5. The van der Waals surface area contributed by atoms with Gasteiger partial charge in [-0.25, -0.2) is 0 Å². The van der Waals surface area contributed by atoms with E-state index in [0.717, 1.165) is 18.6 Å². The van der Waals surface area contributed by atoms with Crippen molar-refractivity contribution < 1.29 is 24.5 Å². The molecule has 1 amide bonds. The zero-order valence-corrected chi connectivity index (χ0v) is 16.5. The molecule has 6 heteroatoms. The van der Waals surface area contributed by atoms with Gasteiger partial charge >= 0.3 is 0 Å². The van der Waals surface area contributed by atoms with E-state index in [2.05, 4.69) is 31.3 Å². The highest BCUT2D eigenvalue weighted by molar-refractivity contribution is 5.96. The molecule has 1 atom stereocenters. The number of methoxy groups -OCH3 is 1. The van der Waals surface area contributed by atoms with Crippen LogP contribution in [0.5, 0.6) is 17.2 Å². The van der Waals surface area contributed by atoms with Crippen molar-refractivity contribution in [3.05, 3.63) is 47.5 Å². The molecule has 6 nitrogen and oxygen atoms in total. The van der Waals surface area contributed by atoms with Crippen molar-refractivity contribution in [3.63, 3.8) is 0 Å². The maximum absolute atomic E-state index is 11.5. The minimum Gasteiger partial charge on any atom is -0.508 e. The molecule has 0 spiro atoms. The number of hydrogen-bond donors (Lipinski definition) is 3. The normalized spacial score (nSPS) is 14.1. The SMILES string of the molecule is C.COc1ccc(CC(C)(C)CC[C@H](O)c2cc(O)cc3c2OCC(=O)N3)cc1. The molecule has 0 saturated heterocycles. The van der Waals surface area contributed by atoms with Crippen molar-refractivity contribution >= 4 is 11.6 Å². The van der Waals surface area contributed by atoms with Gasteiger partial charge in [0.1, 0.15) is 17.2 Å². The lowest BCUT2D eigenvalue weighted by Gasteiger charge is -2.28. The summed E-state index contributed by atoms with van der Waals surface area (Å²) in [6.45, 7) is 4.23. The van der Waals surface area contributed by atoms with Crippen LogP contribution in [0.3, 0.4) is 0 Å². The summed E-state index contributed by atoms with van der Waals surface area (Å²) in [5.74, 6) is 0.964. The Kier molecular flexibility index (Phi) is 7.14. The van der Waals surface area contributed by atoms with Gasteiger partial charge in [-0.05, 0) is 48.4 Å². The first-order valence-electron chi connectivity index (χ1n) is 9.38. The molecule has 0 aliphatic carbocycles. The van der Waals surface area contributed by atoms with Gasteiger partial charge < -0.3 is 25.0 Å². The van der Waals surface area contributed by atoms with Gasteiger partial charge in [-0.1, -0.05) is 33.4 Å². The molecule has 0 aromatic heterocycles.